The second-order valence-electron chi connectivity index (χ2n) is 8.42. The van der Waals surface area contributed by atoms with Crippen molar-refractivity contribution in [3.63, 3.8) is 0 Å². The number of benzene rings is 2. The Balaban J connectivity index is 1.65. The van der Waals surface area contributed by atoms with Gasteiger partial charge in [0.05, 0.1) is 12.5 Å². The van der Waals surface area contributed by atoms with Crippen molar-refractivity contribution in [3.8, 4) is 5.75 Å². The van der Waals surface area contributed by atoms with Gasteiger partial charge in [0.15, 0.2) is 0 Å². The third-order valence-electron chi connectivity index (χ3n) is 6.58. The van der Waals surface area contributed by atoms with E-state index in [0.717, 1.165) is 38.0 Å². The van der Waals surface area contributed by atoms with Gasteiger partial charge in [-0.25, -0.2) is 0 Å². The fourth-order valence-electron chi connectivity index (χ4n) is 4.47. The molecule has 3 atom stereocenters. The fourth-order valence-corrected chi connectivity index (χ4v) is 4.47. The molecule has 29 heavy (non-hydrogen) atoms. The SMILES string of the molecule is CCOC(=O)C(CCN1CC[C@](C)(c2cccc(O)c2)[C@@H](C)C1)c1ccccc1. The highest BCUT2D eigenvalue weighted by molar-refractivity contribution is 5.78. The predicted molar refractivity (Wildman–Crippen MR) is 116 cm³/mol. The molecule has 0 aliphatic carbocycles. The lowest BCUT2D eigenvalue weighted by Crippen LogP contribution is -2.47. The number of carbonyl (C=O) groups is 1. The number of phenolic OH excluding ortho intramolecular Hbond substituents is 1. The van der Waals surface area contributed by atoms with Gasteiger partial charge >= 0.3 is 5.97 Å². The molecule has 1 fully saturated rings. The minimum atomic E-state index is -0.217. The molecule has 2 aromatic carbocycles. The number of phenols is 1. The van der Waals surface area contributed by atoms with Crippen LogP contribution in [0.3, 0.4) is 0 Å². The topological polar surface area (TPSA) is 49.8 Å². The van der Waals surface area contributed by atoms with Crippen LogP contribution >= 0.6 is 0 Å². The number of piperidine rings is 1. The lowest BCUT2D eigenvalue weighted by atomic mass is 9.68. The highest BCUT2D eigenvalue weighted by atomic mass is 16.5. The molecular formula is C25H33NO3. The monoisotopic (exact) mass is 395 g/mol. The van der Waals surface area contributed by atoms with E-state index in [1.165, 1.54) is 5.56 Å². The van der Waals surface area contributed by atoms with Gasteiger partial charge in [0.25, 0.3) is 0 Å². The zero-order valence-electron chi connectivity index (χ0n) is 17.8. The second-order valence-corrected chi connectivity index (χ2v) is 8.42. The molecule has 1 N–H and O–H groups in total. The lowest BCUT2D eigenvalue weighted by Gasteiger charge is -2.45. The Bertz CT molecular complexity index is 807. The van der Waals surface area contributed by atoms with E-state index in [-0.39, 0.29) is 17.3 Å². The summed E-state index contributed by atoms with van der Waals surface area (Å²) in [6, 6.07) is 17.6. The summed E-state index contributed by atoms with van der Waals surface area (Å²) in [7, 11) is 0. The second kappa shape index (κ2) is 9.45. The molecule has 0 amide bonds. The van der Waals surface area contributed by atoms with Crippen molar-refractivity contribution in [2.75, 3.05) is 26.2 Å². The van der Waals surface area contributed by atoms with Crippen LogP contribution in [0.15, 0.2) is 54.6 Å². The summed E-state index contributed by atoms with van der Waals surface area (Å²) in [6.45, 7) is 9.70. The van der Waals surface area contributed by atoms with E-state index in [2.05, 4.69) is 24.8 Å². The first kappa shape index (κ1) is 21.4. The van der Waals surface area contributed by atoms with Gasteiger partial charge in [-0.2, -0.15) is 0 Å². The summed E-state index contributed by atoms with van der Waals surface area (Å²) < 4.78 is 5.34. The summed E-state index contributed by atoms with van der Waals surface area (Å²) in [6.07, 6.45) is 1.80. The van der Waals surface area contributed by atoms with Gasteiger partial charge in [0.1, 0.15) is 5.75 Å². The molecular weight excluding hydrogens is 362 g/mol. The summed E-state index contributed by atoms with van der Waals surface area (Å²) in [5, 5.41) is 9.89. The van der Waals surface area contributed by atoms with Crippen LogP contribution in [0.2, 0.25) is 0 Å². The average molecular weight is 396 g/mol. The number of carbonyl (C=O) groups excluding carboxylic acids is 1. The molecule has 156 valence electrons. The number of hydrogen-bond donors (Lipinski definition) is 1. The maximum Gasteiger partial charge on any atom is 0.313 e. The van der Waals surface area contributed by atoms with Crippen molar-refractivity contribution in [2.45, 2.75) is 44.9 Å². The molecule has 1 aliphatic rings. The zero-order valence-corrected chi connectivity index (χ0v) is 17.8. The number of likely N-dealkylation sites (tertiary alicyclic amines) is 1. The van der Waals surface area contributed by atoms with Crippen LogP contribution in [0.4, 0.5) is 0 Å². The number of nitrogens with zero attached hydrogens (tertiary/aromatic N) is 1. The van der Waals surface area contributed by atoms with E-state index < -0.39 is 0 Å². The van der Waals surface area contributed by atoms with E-state index in [9.17, 15) is 9.90 Å². The van der Waals surface area contributed by atoms with Crippen molar-refractivity contribution >= 4 is 5.97 Å². The first-order valence-corrected chi connectivity index (χ1v) is 10.7. The number of rotatable bonds is 7. The minimum absolute atomic E-state index is 0.0508. The Labute approximate surface area is 174 Å². The number of esters is 1. The van der Waals surface area contributed by atoms with E-state index in [0.29, 0.717) is 18.3 Å². The maximum absolute atomic E-state index is 12.5. The molecule has 4 nitrogen and oxygen atoms in total. The molecule has 1 heterocycles. The third kappa shape index (κ3) is 4.99. The maximum atomic E-state index is 12.5. The van der Waals surface area contributed by atoms with Crippen LogP contribution in [0.25, 0.3) is 0 Å². The van der Waals surface area contributed by atoms with E-state index in [4.69, 9.17) is 4.74 Å². The van der Waals surface area contributed by atoms with Crippen LogP contribution < -0.4 is 0 Å². The van der Waals surface area contributed by atoms with Crippen LogP contribution in [-0.4, -0.2) is 42.2 Å². The fraction of sp³-hybridized carbons (Fsp3) is 0.480. The number of aromatic hydroxyl groups is 1. The summed E-state index contributed by atoms with van der Waals surface area (Å²) >= 11 is 0. The quantitative estimate of drug-likeness (QED) is 0.689. The standard InChI is InChI=1S/C25H33NO3/c1-4-29-24(28)23(20-9-6-5-7-10-20)13-15-26-16-14-25(3,19(2)18-26)21-11-8-12-22(27)17-21/h5-12,17,19,23,27H,4,13-16,18H2,1-3H3/t19-,23?,25-/m0/s1. The van der Waals surface area contributed by atoms with Crippen molar-refractivity contribution in [1.29, 1.82) is 0 Å². The summed E-state index contributed by atoms with van der Waals surface area (Å²) in [4.78, 5) is 15.0. The summed E-state index contributed by atoms with van der Waals surface area (Å²) in [5.41, 5.74) is 2.29. The number of ether oxygens (including phenoxy) is 1. The average Bonchev–Trinajstić information content (AvgIpc) is 2.72. The molecule has 3 rings (SSSR count). The highest BCUT2D eigenvalue weighted by Crippen LogP contribution is 2.40. The first-order valence-electron chi connectivity index (χ1n) is 10.7. The molecule has 0 radical (unpaired) electrons. The van der Waals surface area contributed by atoms with Crippen molar-refractivity contribution in [2.24, 2.45) is 5.92 Å². The molecule has 0 spiro atoms. The van der Waals surface area contributed by atoms with Crippen molar-refractivity contribution in [3.05, 3.63) is 65.7 Å². The van der Waals surface area contributed by atoms with Crippen molar-refractivity contribution < 1.29 is 14.6 Å². The Hall–Kier alpha value is -2.33. The van der Waals surface area contributed by atoms with Gasteiger partial charge in [-0.3, -0.25) is 4.79 Å². The number of hydrogen-bond acceptors (Lipinski definition) is 4. The lowest BCUT2D eigenvalue weighted by molar-refractivity contribution is -0.145. The molecule has 4 heteroatoms. The van der Waals surface area contributed by atoms with Crippen LogP contribution in [0, 0.1) is 5.92 Å². The Morgan fingerprint density at radius 3 is 2.66 bits per heavy atom. The van der Waals surface area contributed by atoms with E-state index in [1.807, 2.05) is 49.4 Å². The van der Waals surface area contributed by atoms with Gasteiger partial charge in [0.2, 0.25) is 0 Å². The van der Waals surface area contributed by atoms with Gasteiger partial charge in [-0.05, 0) is 67.4 Å². The predicted octanol–water partition coefficient (Wildman–Crippen LogP) is 4.73. The molecule has 1 saturated heterocycles. The summed E-state index contributed by atoms with van der Waals surface area (Å²) in [5.74, 6) is 0.438. The van der Waals surface area contributed by atoms with E-state index in [1.54, 1.807) is 6.07 Å². The molecule has 0 bridgehead atoms. The normalized spacial score (nSPS) is 23.5. The van der Waals surface area contributed by atoms with E-state index >= 15 is 0 Å². The minimum Gasteiger partial charge on any atom is -0.508 e. The zero-order chi connectivity index (χ0) is 20.9. The Morgan fingerprint density at radius 1 is 1.24 bits per heavy atom. The van der Waals surface area contributed by atoms with Gasteiger partial charge in [-0.15, -0.1) is 0 Å². The molecule has 0 aromatic heterocycles. The Morgan fingerprint density at radius 2 is 2.00 bits per heavy atom. The molecule has 0 saturated carbocycles. The van der Waals surface area contributed by atoms with Gasteiger partial charge < -0.3 is 14.7 Å². The van der Waals surface area contributed by atoms with Crippen LogP contribution in [-0.2, 0) is 14.9 Å². The smallest absolute Gasteiger partial charge is 0.313 e. The Kier molecular flexibility index (Phi) is 6.96. The largest absolute Gasteiger partial charge is 0.508 e. The molecule has 1 aliphatic heterocycles. The van der Waals surface area contributed by atoms with Crippen LogP contribution in [0.1, 0.15) is 50.7 Å². The van der Waals surface area contributed by atoms with Crippen molar-refractivity contribution in [1.82, 2.24) is 4.90 Å². The van der Waals surface area contributed by atoms with Gasteiger partial charge in [0, 0.05) is 6.54 Å². The first-order chi connectivity index (χ1) is 13.9. The third-order valence-corrected chi connectivity index (χ3v) is 6.58. The van der Waals surface area contributed by atoms with Crippen LogP contribution in [0.5, 0.6) is 5.75 Å². The highest BCUT2D eigenvalue weighted by Gasteiger charge is 2.38. The van der Waals surface area contributed by atoms with Gasteiger partial charge in [-0.1, -0.05) is 56.3 Å². The molecule has 2 aromatic rings. The molecule has 1 unspecified atom stereocenters.